The van der Waals surface area contributed by atoms with Crippen molar-refractivity contribution >= 4 is 17.6 Å². The van der Waals surface area contributed by atoms with Gasteiger partial charge in [-0.25, -0.2) is 0 Å². The number of hydrogen-bond acceptors (Lipinski definition) is 7. The number of ether oxygens (including phenoxy) is 2. The van der Waals surface area contributed by atoms with Gasteiger partial charge in [-0.1, -0.05) is 25.1 Å². The van der Waals surface area contributed by atoms with Crippen molar-refractivity contribution in [3.05, 3.63) is 65.7 Å². The summed E-state index contributed by atoms with van der Waals surface area (Å²) >= 11 is 0. The molecular formula is C29H35N5O4. The molecule has 1 aromatic heterocycles. The van der Waals surface area contributed by atoms with Gasteiger partial charge in [0, 0.05) is 43.9 Å². The second-order valence-electron chi connectivity index (χ2n) is 9.26. The van der Waals surface area contributed by atoms with Crippen LogP contribution in [0.25, 0.3) is 11.3 Å². The lowest BCUT2D eigenvalue weighted by molar-refractivity contribution is -0.132. The average molecular weight is 518 g/mol. The van der Waals surface area contributed by atoms with E-state index in [1.54, 1.807) is 19.1 Å². The van der Waals surface area contributed by atoms with Crippen LogP contribution in [-0.4, -0.2) is 85.3 Å². The molecule has 0 saturated carbocycles. The van der Waals surface area contributed by atoms with Crippen LogP contribution in [-0.2, 0) is 4.79 Å². The number of methoxy groups -OCH3 is 2. The maximum absolute atomic E-state index is 13.1. The number of benzene rings is 2. The molecule has 2 aromatic carbocycles. The fourth-order valence-electron chi connectivity index (χ4n) is 4.60. The van der Waals surface area contributed by atoms with E-state index in [-0.39, 0.29) is 18.4 Å². The van der Waals surface area contributed by atoms with Crippen LogP contribution in [0.15, 0.2) is 54.6 Å². The minimum atomic E-state index is -0.0956. The van der Waals surface area contributed by atoms with Gasteiger partial charge in [-0.2, -0.15) is 0 Å². The molecule has 0 spiro atoms. The Balaban J connectivity index is 1.35. The molecule has 1 fully saturated rings. The van der Waals surface area contributed by atoms with E-state index in [9.17, 15) is 9.59 Å². The second kappa shape index (κ2) is 12.4. The average Bonchev–Trinajstić information content (AvgIpc) is 2.96. The Hall–Kier alpha value is -4.14. The van der Waals surface area contributed by atoms with Crippen LogP contribution in [0, 0.1) is 6.92 Å². The Labute approximate surface area is 224 Å². The van der Waals surface area contributed by atoms with Gasteiger partial charge in [0.15, 0.2) is 17.3 Å². The third-order valence-corrected chi connectivity index (χ3v) is 6.77. The molecule has 1 aliphatic heterocycles. The van der Waals surface area contributed by atoms with Crippen molar-refractivity contribution < 1.29 is 19.1 Å². The minimum absolute atomic E-state index is 0.0325. The van der Waals surface area contributed by atoms with E-state index in [4.69, 9.17) is 9.47 Å². The molecule has 0 radical (unpaired) electrons. The van der Waals surface area contributed by atoms with Gasteiger partial charge >= 0.3 is 0 Å². The van der Waals surface area contributed by atoms with E-state index in [1.165, 1.54) is 0 Å². The molecule has 38 heavy (non-hydrogen) atoms. The quantitative estimate of drug-likeness (QED) is 0.428. The molecule has 3 aromatic rings. The highest BCUT2D eigenvalue weighted by Crippen LogP contribution is 2.31. The fraction of sp³-hybridized carbons (Fsp3) is 0.379. The zero-order valence-corrected chi connectivity index (χ0v) is 22.5. The molecule has 2 amide bonds. The summed E-state index contributed by atoms with van der Waals surface area (Å²) in [6, 6.07) is 17.0. The first kappa shape index (κ1) is 26.9. The first-order valence-electron chi connectivity index (χ1n) is 12.9. The molecular weight excluding hydrogens is 482 g/mol. The summed E-state index contributed by atoms with van der Waals surface area (Å²) in [6.45, 7) is 6.99. The SMILES string of the molecule is CCCN(CC(=O)N1CCN(c2ccc(-c3ccc(OC)c(OC)c3)nn2)CC1)C(=O)c1ccccc1C. The number of amides is 2. The van der Waals surface area contributed by atoms with E-state index in [2.05, 4.69) is 15.1 Å². The second-order valence-corrected chi connectivity index (χ2v) is 9.26. The van der Waals surface area contributed by atoms with Crippen LogP contribution in [0.1, 0.15) is 29.3 Å². The van der Waals surface area contributed by atoms with Crippen molar-refractivity contribution in [1.82, 2.24) is 20.0 Å². The van der Waals surface area contributed by atoms with E-state index in [1.807, 2.05) is 73.3 Å². The normalized spacial score (nSPS) is 13.3. The monoisotopic (exact) mass is 517 g/mol. The standard InChI is InChI=1S/C29H35N5O4/c1-5-14-34(29(36)23-9-7-6-8-21(23)2)20-28(35)33-17-15-32(16-18-33)27-13-11-24(30-31-27)22-10-12-25(37-3)26(19-22)38-4/h6-13,19H,5,14-18,20H2,1-4H3. The molecule has 200 valence electrons. The third-order valence-electron chi connectivity index (χ3n) is 6.77. The highest BCUT2D eigenvalue weighted by Gasteiger charge is 2.26. The first-order chi connectivity index (χ1) is 18.4. The Morgan fingerprint density at radius 2 is 1.66 bits per heavy atom. The summed E-state index contributed by atoms with van der Waals surface area (Å²) in [5.41, 5.74) is 3.18. The van der Waals surface area contributed by atoms with Gasteiger partial charge in [-0.05, 0) is 55.3 Å². The smallest absolute Gasteiger partial charge is 0.254 e. The van der Waals surface area contributed by atoms with Crippen LogP contribution in [0.4, 0.5) is 5.82 Å². The molecule has 2 heterocycles. The number of aromatic nitrogens is 2. The highest BCUT2D eigenvalue weighted by atomic mass is 16.5. The van der Waals surface area contributed by atoms with Crippen molar-refractivity contribution in [2.24, 2.45) is 0 Å². The van der Waals surface area contributed by atoms with E-state index in [0.717, 1.165) is 29.1 Å². The van der Waals surface area contributed by atoms with Gasteiger partial charge in [0.05, 0.1) is 19.9 Å². The summed E-state index contributed by atoms with van der Waals surface area (Å²) < 4.78 is 10.7. The van der Waals surface area contributed by atoms with Crippen molar-refractivity contribution in [2.75, 3.05) is 58.4 Å². The van der Waals surface area contributed by atoms with Crippen molar-refractivity contribution in [3.63, 3.8) is 0 Å². The van der Waals surface area contributed by atoms with Crippen LogP contribution >= 0.6 is 0 Å². The van der Waals surface area contributed by atoms with Crippen LogP contribution < -0.4 is 14.4 Å². The third kappa shape index (κ3) is 6.04. The molecule has 1 aliphatic rings. The number of aryl methyl sites for hydroxylation is 1. The van der Waals surface area contributed by atoms with Gasteiger partial charge in [-0.3, -0.25) is 9.59 Å². The predicted molar refractivity (Wildman–Crippen MR) is 147 cm³/mol. The number of piperazine rings is 1. The summed E-state index contributed by atoms with van der Waals surface area (Å²) in [7, 11) is 3.20. The Morgan fingerprint density at radius 3 is 2.29 bits per heavy atom. The molecule has 9 heteroatoms. The van der Waals surface area contributed by atoms with Gasteiger partial charge in [0.2, 0.25) is 5.91 Å². The Kier molecular flexibility index (Phi) is 8.78. The van der Waals surface area contributed by atoms with Gasteiger partial charge < -0.3 is 24.2 Å². The van der Waals surface area contributed by atoms with E-state index in [0.29, 0.717) is 49.8 Å². The summed E-state index contributed by atoms with van der Waals surface area (Å²) in [5.74, 6) is 1.93. The number of hydrogen-bond donors (Lipinski definition) is 0. The van der Waals surface area contributed by atoms with Crippen molar-refractivity contribution in [3.8, 4) is 22.8 Å². The number of anilines is 1. The summed E-state index contributed by atoms with van der Waals surface area (Å²) in [6.07, 6.45) is 0.788. The fourth-order valence-corrected chi connectivity index (χ4v) is 4.60. The van der Waals surface area contributed by atoms with Crippen molar-refractivity contribution in [1.29, 1.82) is 0 Å². The molecule has 0 aliphatic carbocycles. The molecule has 1 saturated heterocycles. The van der Waals surface area contributed by atoms with Crippen molar-refractivity contribution in [2.45, 2.75) is 20.3 Å². The summed E-state index contributed by atoms with van der Waals surface area (Å²) in [5, 5.41) is 8.84. The maximum Gasteiger partial charge on any atom is 0.254 e. The molecule has 0 atom stereocenters. The van der Waals surface area contributed by atoms with Gasteiger partial charge in [0.25, 0.3) is 5.91 Å². The van der Waals surface area contributed by atoms with E-state index < -0.39 is 0 Å². The highest BCUT2D eigenvalue weighted by molar-refractivity contribution is 5.97. The zero-order valence-electron chi connectivity index (χ0n) is 22.5. The zero-order chi connectivity index (χ0) is 27.1. The number of rotatable bonds is 9. The predicted octanol–water partition coefficient (Wildman–Crippen LogP) is 3.67. The van der Waals surface area contributed by atoms with Crippen LogP contribution in [0.5, 0.6) is 11.5 Å². The maximum atomic E-state index is 13.1. The van der Waals surface area contributed by atoms with Gasteiger partial charge in [0.1, 0.15) is 6.54 Å². The lowest BCUT2D eigenvalue weighted by atomic mass is 10.1. The Bertz CT molecular complexity index is 1260. The number of nitrogens with zero attached hydrogens (tertiary/aromatic N) is 5. The molecule has 0 bridgehead atoms. The van der Waals surface area contributed by atoms with Crippen LogP contribution in [0.2, 0.25) is 0 Å². The first-order valence-corrected chi connectivity index (χ1v) is 12.9. The Morgan fingerprint density at radius 1 is 0.921 bits per heavy atom. The number of carbonyl (C=O) groups is 2. The van der Waals surface area contributed by atoms with Crippen LogP contribution in [0.3, 0.4) is 0 Å². The van der Waals surface area contributed by atoms with Gasteiger partial charge in [-0.15, -0.1) is 10.2 Å². The molecule has 0 unspecified atom stereocenters. The molecule has 4 rings (SSSR count). The topological polar surface area (TPSA) is 88.1 Å². The molecule has 9 nitrogen and oxygen atoms in total. The van der Waals surface area contributed by atoms with E-state index >= 15 is 0 Å². The lowest BCUT2D eigenvalue weighted by Gasteiger charge is -2.36. The minimum Gasteiger partial charge on any atom is -0.493 e. The largest absolute Gasteiger partial charge is 0.493 e. The lowest BCUT2D eigenvalue weighted by Crippen LogP contribution is -2.52. The summed E-state index contributed by atoms with van der Waals surface area (Å²) in [4.78, 5) is 31.9. The number of carbonyl (C=O) groups excluding carboxylic acids is 2. The molecule has 0 N–H and O–H groups in total.